The molecule has 162 valence electrons. The molecule has 4 heterocycles. The Morgan fingerprint density at radius 3 is 2.86 bits per heavy atom. The van der Waals surface area contributed by atoms with Crippen LogP contribution in [0.4, 0.5) is 0 Å². The molecule has 6 atom stereocenters. The average molecular weight is 430 g/mol. The molecule has 0 spiro atoms. The number of allylic oxidation sites excluding steroid dienone is 1. The van der Waals surface area contributed by atoms with Gasteiger partial charge in [0.05, 0.1) is 19.3 Å². The molecule has 29 heavy (non-hydrogen) atoms. The Labute approximate surface area is 169 Å². The number of nitrogens with two attached hydrogens (primary N) is 1. The van der Waals surface area contributed by atoms with Crippen molar-refractivity contribution in [1.29, 1.82) is 0 Å². The Kier molecular flexibility index (Phi) is 5.63. The smallest absolute Gasteiger partial charge is 0.366 e. The van der Waals surface area contributed by atoms with E-state index < -0.39 is 44.1 Å². The molecule has 0 aliphatic carbocycles. The van der Waals surface area contributed by atoms with Gasteiger partial charge in [-0.3, -0.25) is 18.4 Å². The molecule has 0 aromatic heterocycles. The predicted molar refractivity (Wildman–Crippen MR) is 100 cm³/mol. The number of hydrogen-bond donors (Lipinski definition) is 1. The van der Waals surface area contributed by atoms with Crippen molar-refractivity contribution in [3.63, 3.8) is 0 Å². The topological polar surface area (TPSA) is 119 Å². The maximum Gasteiger partial charge on any atom is 0.475 e. The minimum atomic E-state index is -3.64. The number of rotatable bonds is 5. The number of fused-ring (bicyclic) bond motifs is 1. The SMILES string of the molecule is CC1CCOP(=O)(OCC2O[C@@H](N3C=CCC(C(N)=O)=C3)[C@@H]3OC(C)(C)O[C@H]23)O1. The van der Waals surface area contributed by atoms with Gasteiger partial charge in [-0.25, -0.2) is 4.57 Å². The van der Waals surface area contributed by atoms with Gasteiger partial charge in [0.1, 0.15) is 18.3 Å². The quantitative estimate of drug-likeness (QED) is 0.651. The fraction of sp³-hybridized carbons (Fsp3) is 0.722. The van der Waals surface area contributed by atoms with Gasteiger partial charge in [0.15, 0.2) is 12.0 Å². The molecular formula is C18H27N2O8P. The molecule has 0 saturated carbocycles. The Morgan fingerprint density at radius 2 is 2.14 bits per heavy atom. The van der Waals surface area contributed by atoms with Crippen LogP contribution in [0.3, 0.4) is 0 Å². The zero-order chi connectivity index (χ0) is 20.8. The van der Waals surface area contributed by atoms with Gasteiger partial charge in [-0.1, -0.05) is 6.08 Å². The normalized spacial score (nSPS) is 41.3. The molecule has 11 heteroatoms. The number of phosphoric acid groups is 1. The molecule has 3 fully saturated rings. The Hall–Kier alpha value is -1.26. The van der Waals surface area contributed by atoms with Gasteiger partial charge in [0.2, 0.25) is 5.91 Å². The highest BCUT2D eigenvalue weighted by atomic mass is 31.2. The summed E-state index contributed by atoms with van der Waals surface area (Å²) >= 11 is 0. The molecule has 3 unspecified atom stereocenters. The number of carbonyl (C=O) groups excluding carboxylic acids is 1. The molecule has 3 saturated heterocycles. The standard InChI is InChI=1S/C18H27N2O8P/c1-11-6-8-23-29(22,28-11)24-10-13-14-15(27-18(2,3)26-14)17(25-13)20-7-4-5-12(9-20)16(19)21/h4,7,9,11,13-15,17H,5-6,8,10H2,1-3H3,(H2,19,21)/t11?,13?,14-,15-,17-,29?/m1/s1. The van der Waals surface area contributed by atoms with E-state index in [9.17, 15) is 9.36 Å². The molecule has 0 radical (unpaired) electrons. The fourth-order valence-corrected chi connectivity index (χ4v) is 5.20. The van der Waals surface area contributed by atoms with Crippen molar-refractivity contribution in [1.82, 2.24) is 4.90 Å². The fourth-order valence-electron chi connectivity index (χ4n) is 3.80. The second-order valence-electron chi connectivity index (χ2n) is 7.97. The van der Waals surface area contributed by atoms with Crippen molar-refractivity contribution in [3.05, 3.63) is 24.0 Å². The van der Waals surface area contributed by atoms with Crippen LogP contribution in [0.5, 0.6) is 0 Å². The van der Waals surface area contributed by atoms with E-state index in [1.54, 1.807) is 11.1 Å². The lowest BCUT2D eigenvalue weighted by Gasteiger charge is -2.31. The number of nitrogens with zero attached hydrogens (tertiary/aromatic N) is 1. The van der Waals surface area contributed by atoms with Crippen molar-refractivity contribution in [3.8, 4) is 0 Å². The molecule has 4 rings (SSSR count). The van der Waals surface area contributed by atoms with Crippen molar-refractivity contribution in [2.24, 2.45) is 5.73 Å². The second-order valence-corrected chi connectivity index (χ2v) is 9.59. The highest BCUT2D eigenvalue weighted by Gasteiger charge is 2.57. The monoisotopic (exact) mass is 430 g/mol. The lowest BCUT2D eigenvalue weighted by atomic mass is 10.1. The first kappa shape index (κ1) is 21.0. The zero-order valence-corrected chi connectivity index (χ0v) is 17.6. The van der Waals surface area contributed by atoms with E-state index in [4.69, 9.17) is 33.5 Å². The minimum absolute atomic E-state index is 0.0505. The number of phosphoric ester groups is 1. The number of carbonyl (C=O) groups is 1. The van der Waals surface area contributed by atoms with Crippen LogP contribution in [0, 0.1) is 0 Å². The van der Waals surface area contributed by atoms with E-state index in [0.717, 1.165) is 0 Å². The van der Waals surface area contributed by atoms with E-state index in [2.05, 4.69) is 0 Å². The van der Waals surface area contributed by atoms with Crippen molar-refractivity contribution < 1.29 is 37.1 Å². The van der Waals surface area contributed by atoms with Gasteiger partial charge in [-0.2, -0.15) is 0 Å². The molecule has 0 aromatic carbocycles. The molecule has 0 aromatic rings. The summed E-state index contributed by atoms with van der Waals surface area (Å²) in [5.74, 6) is -1.31. The number of ether oxygens (including phenoxy) is 3. The number of primary amides is 1. The van der Waals surface area contributed by atoms with E-state index >= 15 is 0 Å². The zero-order valence-electron chi connectivity index (χ0n) is 16.7. The first-order valence-corrected chi connectivity index (χ1v) is 11.2. The van der Waals surface area contributed by atoms with Gasteiger partial charge >= 0.3 is 7.82 Å². The Bertz CT molecular complexity index is 769. The van der Waals surface area contributed by atoms with Gasteiger partial charge in [-0.15, -0.1) is 0 Å². The van der Waals surface area contributed by atoms with Gasteiger partial charge in [0.25, 0.3) is 0 Å². The first-order valence-electron chi connectivity index (χ1n) is 9.69. The molecule has 10 nitrogen and oxygen atoms in total. The lowest BCUT2D eigenvalue weighted by molar-refractivity contribution is -0.201. The van der Waals surface area contributed by atoms with Crippen LogP contribution in [0.1, 0.15) is 33.6 Å². The second kappa shape index (κ2) is 7.77. The van der Waals surface area contributed by atoms with E-state index in [1.807, 2.05) is 33.0 Å². The van der Waals surface area contributed by atoms with Crippen molar-refractivity contribution in [2.75, 3.05) is 13.2 Å². The summed E-state index contributed by atoms with van der Waals surface area (Å²) in [6.07, 6.45) is 4.16. The molecule has 4 aliphatic heterocycles. The molecule has 1 amide bonds. The van der Waals surface area contributed by atoms with E-state index in [1.165, 1.54) is 0 Å². The third-order valence-corrected chi connectivity index (χ3v) is 6.72. The highest BCUT2D eigenvalue weighted by Crippen LogP contribution is 2.54. The average Bonchev–Trinajstić information content (AvgIpc) is 3.13. The van der Waals surface area contributed by atoms with Crippen LogP contribution in [0.25, 0.3) is 0 Å². The number of amides is 1. The Balaban J connectivity index is 1.49. The summed E-state index contributed by atoms with van der Waals surface area (Å²) in [6.45, 7) is 5.70. The third kappa shape index (κ3) is 4.44. The van der Waals surface area contributed by atoms with Crippen LogP contribution in [0.15, 0.2) is 24.0 Å². The minimum Gasteiger partial charge on any atom is -0.366 e. The van der Waals surface area contributed by atoms with Gasteiger partial charge in [-0.05, 0) is 33.6 Å². The largest absolute Gasteiger partial charge is 0.475 e. The van der Waals surface area contributed by atoms with Crippen molar-refractivity contribution >= 4 is 13.7 Å². The summed E-state index contributed by atoms with van der Waals surface area (Å²) in [7, 11) is -3.64. The maximum atomic E-state index is 12.6. The third-order valence-electron chi connectivity index (χ3n) is 5.14. The predicted octanol–water partition coefficient (Wildman–Crippen LogP) is 1.77. The summed E-state index contributed by atoms with van der Waals surface area (Å²) in [4.78, 5) is 13.3. The summed E-state index contributed by atoms with van der Waals surface area (Å²) in [6, 6.07) is 0. The first-order chi connectivity index (χ1) is 13.7. The van der Waals surface area contributed by atoms with Gasteiger partial charge < -0.3 is 24.8 Å². The van der Waals surface area contributed by atoms with Crippen molar-refractivity contribution in [2.45, 2.75) is 70.0 Å². The molecule has 4 aliphatic rings. The summed E-state index contributed by atoms with van der Waals surface area (Å²) in [5, 5.41) is 0. The molecular weight excluding hydrogens is 403 g/mol. The van der Waals surface area contributed by atoms with Crippen LogP contribution >= 0.6 is 7.82 Å². The Morgan fingerprint density at radius 1 is 1.38 bits per heavy atom. The van der Waals surface area contributed by atoms with Crippen LogP contribution in [-0.2, 0) is 37.1 Å². The summed E-state index contributed by atoms with van der Waals surface area (Å²) < 4.78 is 46.9. The van der Waals surface area contributed by atoms with E-state index in [0.29, 0.717) is 25.0 Å². The maximum absolute atomic E-state index is 12.6. The van der Waals surface area contributed by atoms with Crippen LogP contribution in [0.2, 0.25) is 0 Å². The summed E-state index contributed by atoms with van der Waals surface area (Å²) in [5.41, 5.74) is 5.88. The van der Waals surface area contributed by atoms with E-state index in [-0.39, 0.29) is 12.7 Å². The van der Waals surface area contributed by atoms with Gasteiger partial charge in [0, 0.05) is 18.0 Å². The van der Waals surface area contributed by atoms with Crippen LogP contribution in [-0.4, -0.2) is 60.5 Å². The molecule has 2 N–H and O–H groups in total. The van der Waals surface area contributed by atoms with Crippen LogP contribution < -0.4 is 5.73 Å². The lowest BCUT2D eigenvalue weighted by Crippen LogP contribution is -2.40. The highest BCUT2D eigenvalue weighted by molar-refractivity contribution is 7.48. The number of hydrogen-bond acceptors (Lipinski definition) is 9. The molecule has 0 bridgehead atoms.